The molecular weight excluding hydrogens is 378 g/mol. The largest absolute Gasteiger partial charge is 0.370 e. The summed E-state index contributed by atoms with van der Waals surface area (Å²) in [5.41, 5.74) is 2.19. The number of carbonyl (C=O) groups is 1. The van der Waals surface area contributed by atoms with Crippen molar-refractivity contribution in [3.8, 4) is 6.07 Å². The summed E-state index contributed by atoms with van der Waals surface area (Å²) in [5.74, 6) is 1.23. The van der Waals surface area contributed by atoms with Gasteiger partial charge in [-0.15, -0.1) is 0 Å². The highest BCUT2D eigenvalue weighted by molar-refractivity contribution is 5.93. The summed E-state index contributed by atoms with van der Waals surface area (Å²) < 4.78 is 6.49. The van der Waals surface area contributed by atoms with Crippen LogP contribution in [0.2, 0.25) is 0 Å². The molecule has 7 heteroatoms. The van der Waals surface area contributed by atoms with Gasteiger partial charge in [-0.3, -0.25) is 9.69 Å². The van der Waals surface area contributed by atoms with Gasteiger partial charge in [0.2, 0.25) is 0 Å². The van der Waals surface area contributed by atoms with Crippen molar-refractivity contribution < 1.29 is 9.53 Å². The first kappa shape index (κ1) is 19.2. The van der Waals surface area contributed by atoms with Crippen LogP contribution in [0.4, 0.5) is 0 Å². The normalized spacial score (nSPS) is 29.5. The smallest absolute Gasteiger partial charge is 0.254 e. The molecule has 1 aromatic heterocycles. The number of benzene rings is 1. The topological polar surface area (TPSA) is 91.1 Å². The Bertz CT molecular complexity index is 1000. The molecule has 0 saturated carbocycles. The highest BCUT2D eigenvalue weighted by atomic mass is 16.5. The van der Waals surface area contributed by atoms with Gasteiger partial charge in [0, 0.05) is 50.4 Å². The fourth-order valence-corrected chi connectivity index (χ4v) is 5.51. The number of aryl methyl sites for hydroxylation is 1. The van der Waals surface area contributed by atoms with Crippen molar-refractivity contribution in [1.29, 1.82) is 5.26 Å². The van der Waals surface area contributed by atoms with Crippen LogP contribution in [0.3, 0.4) is 0 Å². The van der Waals surface area contributed by atoms with Crippen molar-refractivity contribution in [1.82, 2.24) is 20.2 Å². The quantitative estimate of drug-likeness (QED) is 0.822. The summed E-state index contributed by atoms with van der Waals surface area (Å²) in [5, 5.41) is 12.5. The van der Waals surface area contributed by atoms with Crippen molar-refractivity contribution in [2.24, 2.45) is 11.8 Å². The van der Waals surface area contributed by atoms with E-state index in [0.717, 1.165) is 43.6 Å². The molecule has 4 heterocycles. The Morgan fingerprint density at radius 2 is 2.17 bits per heavy atom. The molecular formula is C23H25N5O2. The molecule has 3 aliphatic heterocycles. The SMILES string of the molecule is Cc1ncc(C(=O)NC[C@H]2[C@H]3CN(Cc4ccccc4C#N)C[C@]34CC[C@H]2O4)cn1. The highest BCUT2D eigenvalue weighted by Crippen LogP contribution is 2.54. The number of hydrogen-bond donors (Lipinski definition) is 1. The van der Waals surface area contributed by atoms with Crippen molar-refractivity contribution in [2.45, 2.75) is 38.0 Å². The first-order valence-electron chi connectivity index (χ1n) is 10.5. The second-order valence-electron chi connectivity index (χ2n) is 8.70. The molecule has 2 bridgehead atoms. The molecule has 0 aliphatic carbocycles. The molecule has 1 spiro atoms. The van der Waals surface area contributed by atoms with E-state index < -0.39 is 0 Å². The lowest BCUT2D eigenvalue weighted by Gasteiger charge is -2.29. The van der Waals surface area contributed by atoms with E-state index in [-0.39, 0.29) is 17.6 Å². The fraction of sp³-hybridized carbons (Fsp3) is 0.478. The number of fused-ring (bicyclic) bond motifs is 1. The molecule has 3 aliphatic rings. The third kappa shape index (κ3) is 3.26. The second kappa shape index (κ2) is 7.46. The number of nitrogens with zero attached hydrogens (tertiary/aromatic N) is 4. The van der Waals surface area contributed by atoms with E-state index in [1.165, 1.54) is 0 Å². The van der Waals surface area contributed by atoms with Crippen LogP contribution in [0.5, 0.6) is 0 Å². The molecule has 7 nitrogen and oxygen atoms in total. The first-order valence-corrected chi connectivity index (χ1v) is 10.5. The van der Waals surface area contributed by atoms with E-state index >= 15 is 0 Å². The number of hydrogen-bond acceptors (Lipinski definition) is 6. The van der Waals surface area contributed by atoms with Crippen molar-refractivity contribution in [3.63, 3.8) is 0 Å². The molecule has 30 heavy (non-hydrogen) atoms. The van der Waals surface area contributed by atoms with E-state index in [1.807, 2.05) is 24.3 Å². The minimum absolute atomic E-state index is 0.103. The molecule has 3 saturated heterocycles. The standard InChI is InChI=1S/C23H25N5O2/c1-15-25-9-18(10-26-15)22(29)27-11-19-20-13-28(14-23(20)7-6-21(19)30-23)12-17-5-3-2-4-16(17)8-24/h2-5,9-10,19-21H,6-7,11-14H2,1H3,(H,27,29)/t19-,20+,21+,23+/m0/s1. The van der Waals surface area contributed by atoms with Gasteiger partial charge in [0.15, 0.2) is 0 Å². The van der Waals surface area contributed by atoms with Gasteiger partial charge in [-0.1, -0.05) is 18.2 Å². The minimum atomic E-state index is -0.135. The fourth-order valence-electron chi connectivity index (χ4n) is 5.51. The second-order valence-corrected chi connectivity index (χ2v) is 8.70. The van der Waals surface area contributed by atoms with Crippen LogP contribution in [0, 0.1) is 30.1 Å². The number of carbonyl (C=O) groups excluding carboxylic acids is 1. The van der Waals surface area contributed by atoms with Crippen LogP contribution in [0.1, 0.15) is 40.2 Å². The lowest BCUT2D eigenvalue weighted by atomic mass is 9.73. The Hall–Kier alpha value is -2.82. The van der Waals surface area contributed by atoms with E-state index in [1.54, 1.807) is 19.3 Å². The zero-order valence-corrected chi connectivity index (χ0v) is 17.0. The van der Waals surface area contributed by atoms with Crippen molar-refractivity contribution in [3.05, 3.63) is 59.2 Å². The number of nitrogens with one attached hydrogen (secondary N) is 1. The summed E-state index contributed by atoms with van der Waals surface area (Å²) in [6.45, 7) is 4.99. The Morgan fingerprint density at radius 3 is 2.97 bits per heavy atom. The molecule has 1 aromatic carbocycles. The summed E-state index contributed by atoms with van der Waals surface area (Å²) in [4.78, 5) is 23.1. The Kier molecular flexibility index (Phi) is 4.76. The molecule has 0 unspecified atom stereocenters. The van der Waals surface area contributed by atoms with Crippen LogP contribution < -0.4 is 5.32 Å². The summed E-state index contributed by atoms with van der Waals surface area (Å²) in [7, 11) is 0. The molecule has 2 aromatic rings. The van der Waals surface area contributed by atoms with Gasteiger partial charge in [-0.2, -0.15) is 5.26 Å². The molecule has 1 N–H and O–H groups in total. The summed E-state index contributed by atoms with van der Waals surface area (Å²) in [6.07, 6.45) is 5.49. The monoisotopic (exact) mass is 403 g/mol. The van der Waals surface area contributed by atoms with E-state index in [0.29, 0.717) is 29.8 Å². The van der Waals surface area contributed by atoms with E-state index in [2.05, 4.69) is 26.3 Å². The lowest BCUT2D eigenvalue weighted by Crippen LogP contribution is -2.41. The number of likely N-dealkylation sites (tertiary alicyclic amines) is 1. The maximum absolute atomic E-state index is 12.5. The number of ether oxygens (including phenoxy) is 1. The minimum Gasteiger partial charge on any atom is -0.370 e. The molecule has 1 amide bonds. The molecule has 154 valence electrons. The molecule has 3 fully saturated rings. The Morgan fingerprint density at radius 1 is 1.37 bits per heavy atom. The van der Waals surface area contributed by atoms with Crippen molar-refractivity contribution >= 4 is 5.91 Å². The molecule has 4 atom stereocenters. The molecule has 0 radical (unpaired) electrons. The van der Waals surface area contributed by atoms with Gasteiger partial charge < -0.3 is 10.1 Å². The zero-order valence-electron chi connectivity index (χ0n) is 17.0. The van der Waals surface area contributed by atoms with Crippen LogP contribution in [0.15, 0.2) is 36.7 Å². The third-order valence-corrected chi connectivity index (χ3v) is 6.93. The van der Waals surface area contributed by atoms with Gasteiger partial charge in [0.1, 0.15) is 5.82 Å². The maximum Gasteiger partial charge on any atom is 0.254 e. The summed E-state index contributed by atoms with van der Waals surface area (Å²) in [6, 6.07) is 10.1. The summed E-state index contributed by atoms with van der Waals surface area (Å²) >= 11 is 0. The number of amides is 1. The highest BCUT2D eigenvalue weighted by Gasteiger charge is 2.62. The van der Waals surface area contributed by atoms with Gasteiger partial charge in [0.05, 0.1) is 28.9 Å². The average molecular weight is 403 g/mol. The van der Waals surface area contributed by atoms with Gasteiger partial charge >= 0.3 is 0 Å². The lowest BCUT2D eigenvalue weighted by molar-refractivity contribution is 0.00211. The average Bonchev–Trinajstić information content (AvgIpc) is 3.41. The number of nitriles is 1. The Labute approximate surface area is 176 Å². The van der Waals surface area contributed by atoms with Gasteiger partial charge in [-0.05, 0) is 31.4 Å². The van der Waals surface area contributed by atoms with Crippen LogP contribution in [-0.2, 0) is 11.3 Å². The van der Waals surface area contributed by atoms with Crippen LogP contribution >= 0.6 is 0 Å². The van der Waals surface area contributed by atoms with E-state index in [9.17, 15) is 10.1 Å². The maximum atomic E-state index is 12.5. The van der Waals surface area contributed by atoms with E-state index in [4.69, 9.17) is 4.74 Å². The Balaban J connectivity index is 1.26. The number of rotatable bonds is 5. The number of aromatic nitrogens is 2. The van der Waals surface area contributed by atoms with Gasteiger partial charge in [-0.25, -0.2) is 9.97 Å². The first-order chi connectivity index (χ1) is 14.6. The van der Waals surface area contributed by atoms with Crippen LogP contribution in [0.25, 0.3) is 0 Å². The zero-order chi connectivity index (χ0) is 20.7. The third-order valence-electron chi connectivity index (χ3n) is 6.93. The predicted molar refractivity (Wildman–Crippen MR) is 109 cm³/mol. The van der Waals surface area contributed by atoms with Crippen LogP contribution in [-0.4, -0.2) is 52.1 Å². The molecule has 5 rings (SSSR count). The van der Waals surface area contributed by atoms with Crippen molar-refractivity contribution in [2.75, 3.05) is 19.6 Å². The van der Waals surface area contributed by atoms with Gasteiger partial charge in [0.25, 0.3) is 5.91 Å². The predicted octanol–water partition coefficient (Wildman–Crippen LogP) is 2.07.